The fourth-order valence-corrected chi connectivity index (χ4v) is 2.93. The molecule has 0 aliphatic carbocycles. The van der Waals surface area contributed by atoms with Gasteiger partial charge in [0.15, 0.2) is 0 Å². The fraction of sp³-hybridized carbons (Fsp3) is 0.556. The third kappa shape index (κ3) is 4.41. The van der Waals surface area contributed by atoms with E-state index in [0.717, 1.165) is 30.6 Å². The second kappa shape index (κ2) is 7.54. The maximum atomic E-state index is 11.8. The minimum Gasteiger partial charge on any atom is -0.481 e. The van der Waals surface area contributed by atoms with Crippen LogP contribution in [0.3, 0.4) is 0 Å². The molecule has 1 aliphatic heterocycles. The summed E-state index contributed by atoms with van der Waals surface area (Å²) in [6.45, 7) is 5.51. The van der Waals surface area contributed by atoms with Crippen molar-refractivity contribution < 1.29 is 14.7 Å². The third-order valence-electron chi connectivity index (χ3n) is 4.49. The molecule has 2 atom stereocenters. The number of carbonyl (C=O) groups excluding carboxylic acids is 1. The van der Waals surface area contributed by atoms with E-state index < -0.39 is 5.97 Å². The maximum absolute atomic E-state index is 11.8. The molecule has 4 heteroatoms. The lowest BCUT2D eigenvalue weighted by Crippen LogP contribution is -2.27. The number of ketones is 1. The van der Waals surface area contributed by atoms with Gasteiger partial charge in [0, 0.05) is 12.3 Å². The van der Waals surface area contributed by atoms with Gasteiger partial charge in [-0.25, -0.2) is 0 Å². The molecule has 0 amide bonds. The third-order valence-corrected chi connectivity index (χ3v) is 4.49. The summed E-state index contributed by atoms with van der Waals surface area (Å²) >= 11 is 0. The Kier molecular flexibility index (Phi) is 5.72. The van der Waals surface area contributed by atoms with E-state index >= 15 is 0 Å². The van der Waals surface area contributed by atoms with Gasteiger partial charge in [-0.2, -0.15) is 0 Å². The summed E-state index contributed by atoms with van der Waals surface area (Å²) in [5.74, 6) is -0.565. The number of nitrogens with one attached hydrogen (secondary N) is 1. The van der Waals surface area contributed by atoms with Gasteiger partial charge in [-0.3, -0.25) is 9.59 Å². The lowest BCUT2D eigenvalue weighted by molar-refractivity contribution is -0.143. The Bertz CT molecular complexity index is 516. The molecule has 22 heavy (non-hydrogen) atoms. The van der Waals surface area contributed by atoms with Gasteiger partial charge in [-0.15, -0.1) is 0 Å². The van der Waals surface area contributed by atoms with E-state index in [1.54, 1.807) is 0 Å². The van der Waals surface area contributed by atoms with Crippen LogP contribution in [0.4, 0.5) is 0 Å². The topological polar surface area (TPSA) is 66.4 Å². The highest BCUT2D eigenvalue weighted by molar-refractivity contribution is 5.82. The van der Waals surface area contributed by atoms with Crippen molar-refractivity contribution >= 4 is 11.8 Å². The molecule has 0 spiro atoms. The van der Waals surface area contributed by atoms with Gasteiger partial charge in [0.05, 0.1) is 5.92 Å². The van der Waals surface area contributed by atoms with Crippen molar-refractivity contribution in [1.82, 2.24) is 5.32 Å². The van der Waals surface area contributed by atoms with E-state index in [-0.39, 0.29) is 23.5 Å². The molecule has 1 aromatic carbocycles. The number of carboxylic acids is 1. The molecule has 2 N–H and O–H groups in total. The second-order valence-electron chi connectivity index (χ2n) is 6.52. The van der Waals surface area contributed by atoms with E-state index in [0.29, 0.717) is 12.8 Å². The molecule has 120 valence electrons. The summed E-state index contributed by atoms with van der Waals surface area (Å²) in [5.41, 5.74) is 2.02. The Morgan fingerprint density at radius 1 is 1.23 bits per heavy atom. The zero-order valence-corrected chi connectivity index (χ0v) is 13.3. The molecule has 2 unspecified atom stereocenters. The minimum absolute atomic E-state index is 0.0472. The van der Waals surface area contributed by atoms with E-state index in [9.17, 15) is 14.7 Å². The molecule has 0 saturated carbocycles. The lowest BCUT2D eigenvalue weighted by Gasteiger charge is -2.18. The van der Waals surface area contributed by atoms with Crippen LogP contribution < -0.4 is 5.32 Å². The molecular weight excluding hydrogens is 278 g/mol. The van der Waals surface area contributed by atoms with Gasteiger partial charge < -0.3 is 10.4 Å². The number of aliphatic carboxylic acids is 1. The minimum atomic E-state index is -0.715. The SMILES string of the molecule is CC(C)C(=O)Cc1ccc(CC(C(=O)O)C2CCNC2)cc1. The summed E-state index contributed by atoms with van der Waals surface area (Å²) in [6.07, 6.45) is 1.94. The van der Waals surface area contributed by atoms with Crippen molar-refractivity contribution in [1.29, 1.82) is 0 Å². The highest BCUT2D eigenvalue weighted by Gasteiger charge is 2.30. The first-order valence-electron chi connectivity index (χ1n) is 8.01. The highest BCUT2D eigenvalue weighted by atomic mass is 16.4. The number of carbonyl (C=O) groups is 2. The molecule has 1 aliphatic rings. The Hall–Kier alpha value is -1.68. The van der Waals surface area contributed by atoms with Crippen molar-refractivity contribution in [3.8, 4) is 0 Å². The Balaban J connectivity index is 2.00. The van der Waals surface area contributed by atoms with Crippen LogP contribution in [-0.2, 0) is 22.4 Å². The maximum Gasteiger partial charge on any atom is 0.307 e. The molecule has 1 aromatic rings. The van der Waals surface area contributed by atoms with E-state index in [1.807, 2.05) is 38.1 Å². The predicted molar refractivity (Wildman–Crippen MR) is 85.8 cm³/mol. The number of carboxylic acid groups (broad SMARTS) is 1. The van der Waals surface area contributed by atoms with Gasteiger partial charge >= 0.3 is 5.97 Å². The zero-order valence-electron chi connectivity index (χ0n) is 13.3. The van der Waals surface area contributed by atoms with Gasteiger partial charge in [-0.05, 0) is 43.0 Å². The van der Waals surface area contributed by atoms with Crippen LogP contribution in [-0.4, -0.2) is 29.9 Å². The van der Waals surface area contributed by atoms with Crippen LogP contribution in [0.15, 0.2) is 24.3 Å². The van der Waals surface area contributed by atoms with Crippen LogP contribution >= 0.6 is 0 Å². The summed E-state index contributed by atoms with van der Waals surface area (Å²) < 4.78 is 0. The lowest BCUT2D eigenvalue weighted by atomic mass is 9.86. The van der Waals surface area contributed by atoms with Gasteiger partial charge in [0.2, 0.25) is 0 Å². The molecule has 4 nitrogen and oxygen atoms in total. The van der Waals surface area contributed by atoms with Crippen molar-refractivity contribution in [2.75, 3.05) is 13.1 Å². The number of rotatable bonds is 7. The monoisotopic (exact) mass is 303 g/mol. The average molecular weight is 303 g/mol. The second-order valence-corrected chi connectivity index (χ2v) is 6.52. The average Bonchev–Trinajstić information content (AvgIpc) is 2.99. The Labute approximate surface area is 131 Å². The molecule has 0 radical (unpaired) electrons. The Morgan fingerprint density at radius 2 is 1.86 bits per heavy atom. The Morgan fingerprint density at radius 3 is 2.36 bits per heavy atom. The number of Topliss-reactive ketones (excluding diaryl/α,β-unsaturated/α-hetero) is 1. The predicted octanol–water partition coefficient (Wildman–Crippen LogP) is 2.31. The number of benzene rings is 1. The van der Waals surface area contributed by atoms with Crippen LogP contribution in [0.25, 0.3) is 0 Å². The first-order valence-corrected chi connectivity index (χ1v) is 8.01. The largest absolute Gasteiger partial charge is 0.481 e. The van der Waals surface area contributed by atoms with Gasteiger partial charge in [0.25, 0.3) is 0 Å². The summed E-state index contributed by atoms with van der Waals surface area (Å²) in [7, 11) is 0. The number of hydrogen-bond acceptors (Lipinski definition) is 3. The molecule has 0 bridgehead atoms. The van der Waals surface area contributed by atoms with E-state index in [2.05, 4.69) is 5.32 Å². The molecule has 2 rings (SSSR count). The summed E-state index contributed by atoms with van der Waals surface area (Å²) in [6, 6.07) is 7.81. The standard InChI is InChI=1S/C18H25NO3/c1-12(2)17(20)10-14-5-3-13(4-6-14)9-16(18(21)22)15-7-8-19-11-15/h3-6,12,15-16,19H,7-11H2,1-2H3,(H,21,22). The molecule has 1 heterocycles. The smallest absolute Gasteiger partial charge is 0.307 e. The molecule has 1 saturated heterocycles. The van der Waals surface area contributed by atoms with Crippen molar-refractivity contribution in [3.05, 3.63) is 35.4 Å². The van der Waals surface area contributed by atoms with Gasteiger partial charge in [-0.1, -0.05) is 38.1 Å². The fourth-order valence-electron chi connectivity index (χ4n) is 2.93. The molecular formula is C18H25NO3. The van der Waals surface area contributed by atoms with Crippen molar-refractivity contribution in [3.63, 3.8) is 0 Å². The van der Waals surface area contributed by atoms with Gasteiger partial charge in [0.1, 0.15) is 5.78 Å². The van der Waals surface area contributed by atoms with Crippen LogP contribution in [0.5, 0.6) is 0 Å². The van der Waals surface area contributed by atoms with Crippen LogP contribution in [0, 0.1) is 17.8 Å². The normalized spacial score (nSPS) is 19.3. The molecule has 0 aromatic heterocycles. The quantitative estimate of drug-likeness (QED) is 0.811. The van der Waals surface area contributed by atoms with E-state index in [4.69, 9.17) is 0 Å². The first kappa shape index (κ1) is 16.7. The zero-order chi connectivity index (χ0) is 16.1. The summed E-state index contributed by atoms with van der Waals surface area (Å²) in [4.78, 5) is 23.3. The number of hydrogen-bond donors (Lipinski definition) is 2. The van der Waals surface area contributed by atoms with E-state index in [1.165, 1.54) is 0 Å². The van der Waals surface area contributed by atoms with Crippen LogP contribution in [0.2, 0.25) is 0 Å². The highest BCUT2D eigenvalue weighted by Crippen LogP contribution is 2.24. The molecule has 1 fully saturated rings. The van der Waals surface area contributed by atoms with Crippen molar-refractivity contribution in [2.45, 2.75) is 33.1 Å². The van der Waals surface area contributed by atoms with Crippen LogP contribution in [0.1, 0.15) is 31.4 Å². The first-order chi connectivity index (χ1) is 10.5. The summed E-state index contributed by atoms with van der Waals surface area (Å²) in [5, 5.41) is 12.7. The van der Waals surface area contributed by atoms with Crippen molar-refractivity contribution in [2.24, 2.45) is 17.8 Å².